The molecule has 0 heterocycles. The average Bonchev–Trinajstić information content (AvgIpc) is 3.30. The highest BCUT2D eigenvalue weighted by molar-refractivity contribution is 6.36. The number of benzene rings is 8. The van der Waals surface area contributed by atoms with E-state index in [9.17, 15) is 39.6 Å². The Bertz CT molecular complexity index is 2770. The molecule has 4 N–H and O–H groups in total. The third-order valence-electron chi connectivity index (χ3n) is 11.4. The minimum Gasteiger partial charge on any atom is -0.478 e. The SMILES string of the molecule is O=C(O)c1c(Cl)cc(C(c2cc(Cl)c(C(=O)O)c(-c3ccccc3)c2)C(c2cc(Cl)c(C(=O)O)c(-c3ccccc3)c2)c2cc(Cl)c(C(=O)O)c(-c3ccccc3)c2)cc1-c1ccccc1. The van der Waals surface area contributed by atoms with E-state index in [-0.39, 0.29) is 64.6 Å². The lowest BCUT2D eigenvalue weighted by atomic mass is 9.71. The Morgan fingerprint density at radius 2 is 0.485 bits per heavy atom. The number of hydrogen-bond acceptors (Lipinski definition) is 4. The summed E-state index contributed by atoms with van der Waals surface area (Å²) in [6, 6.07) is 48.0. The summed E-state index contributed by atoms with van der Waals surface area (Å²) in [6.07, 6.45) is 0. The van der Waals surface area contributed by atoms with Gasteiger partial charge in [-0.15, -0.1) is 0 Å². The molecule has 0 radical (unpaired) electrons. The van der Waals surface area contributed by atoms with Gasteiger partial charge in [0, 0.05) is 11.8 Å². The average molecular weight is 953 g/mol. The molecular weight excluding hydrogens is 918 g/mol. The van der Waals surface area contributed by atoms with Crippen LogP contribution in [0.4, 0.5) is 0 Å². The highest BCUT2D eigenvalue weighted by Gasteiger charge is 2.35. The number of hydrogen-bond donors (Lipinski definition) is 4. The van der Waals surface area contributed by atoms with Crippen LogP contribution in [0.3, 0.4) is 0 Å². The molecular formula is C54H34Cl4O8. The minimum absolute atomic E-state index is 0.118. The molecule has 0 saturated heterocycles. The molecule has 0 aliphatic carbocycles. The fourth-order valence-corrected chi connectivity index (χ4v) is 9.87. The molecule has 0 saturated carbocycles. The van der Waals surface area contributed by atoms with E-state index in [2.05, 4.69) is 0 Å². The number of aromatic carboxylic acids is 4. The molecule has 0 bridgehead atoms. The summed E-state index contributed by atoms with van der Waals surface area (Å²) in [4.78, 5) is 52.0. The molecule has 0 aliphatic rings. The third kappa shape index (κ3) is 8.92. The minimum atomic E-state index is -1.29. The monoisotopic (exact) mass is 950 g/mol. The van der Waals surface area contributed by atoms with Gasteiger partial charge in [0.1, 0.15) is 0 Å². The van der Waals surface area contributed by atoms with Gasteiger partial charge in [-0.1, -0.05) is 168 Å². The third-order valence-corrected chi connectivity index (χ3v) is 12.6. The van der Waals surface area contributed by atoms with Crippen molar-refractivity contribution in [2.75, 3.05) is 0 Å². The fourth-order valence-electron chi connectivity index (χ4n) is 8.63. The summed E-state index contributed by atoms with van der Waals surface area (Å²) < 4.78 is 0. The van der Waals surface area contributed by atoms with Gasteiger partial charge >= 0.3 is 23.9 Å². The van der Waals surface area contributed by atoms with Crippen LogP contribution in [0.15, 0.2) is 170 Å². The maximum absolute atomic E-state index is 13.0. The Kier molecular flexibility index (Phi) is 13.1. The summed E-state index contributed by atoms with van der Waals surface area (Å²) in [7, 11) is 0. The zero-order valence-electron chi connectivity index (χ0n) is 34.3. The van der Waals surface area contributed by atoms with E-state index in [1.54, 1.807) is 146 Å². The van der Waals surface area contributed by atoms with Gasteiger partial charge in [-0.3, -0.25) is 0 Å². The molecule has 8 aromatic carbocycles. The van der Waals surface area contributed by atoms with Crippen molar-refractivity contribution in [3.8, 4) is 44.5 Å². The Hall–Kier alpha value is -7.20. The molecule has 326 valence electrons. The normalized spacial score (nSPS) is 11.2. The molecule has 0 aromatic heterocycles. The van der Waals surface area contributed by atoms with Crippen LogP contribution < -0.4 is 0 Å². The lowest BCUT2D eigenvalue weighted by Crippen LogP contribution is -2.18. The van der Waals surface area contributed by atoms with Crippen LogP contribution in [-0.4, -0.2) is 44.3 Å². The maximum atomic E-state index is 13.0. The number of carbonyl (C=O) groups is 4. The van der Waals surface area contributed by atoms with Crippen LogP contribution in [0, 0.1) is 0 Å². The quantitative estimate of drug-likeness (QED) is 0.0892. The standard InChI is InChI=1S/C54H34Cl4O8/c55-41-25-33(21-37(47(41)51(59)60)29-13-5-1-6-14-29)45(34-22-38(30-15-7-2-8-16-30)48(52(61)62)42(56)26-34)46(35-23-39(31-17-9-3-10-18-31)49(53(63)64)43(57)27-35)36-24-40(32-19-11-4-12-20-32)50(54(65)66)44(58)28-36/h1-28,45-46H,(H,59,60)(H,61,62)(H,63,64)(H,65,66). The van der Waals surface area contributed by atoms with E-state index in [1.165, 1.54) is 24.3 Å². The molecule has 0 amide bonds. The van der Waals surface area contributed by atoms with Crippen molar-refractivity contribution in [3.63, 3.8) is 0 Å². The highest BCUT2D eigenvalue weighted by Crippen LogP contribution is 2.50. The van der Waals surface area contributed by atoms with Crippen LogP contribution >= 0.6 is 46.4 Å². The number of rotatable bonds is 13. The number of halogens is 4. The summed E-state index contributed by atoms with van der Waals surface area (Å²) >= 11 is 28.2. The van der Waals surface area contributed by atoms with Crippen molar-refractivity contribution in [3.05, 3.63) is 234 Å². The van der Waals surface area contributed by atoms with Gasteiger partial charge in [0.15, 0.2) is 0 Å². The predicted octanol–water partition coefficient (Wildman–Crippen LogP) is 14.7. The summed E-state index contributed by atoms with van der Waals surface area (Å²) in [5.74, 6) is -7.17. The number of carboxylic acids is 4. The molecule has 8 aromatic rings. The van der Waals surface area contributed by atoms with Crippen molar-refractivity contribution < 1.29 is 39.6 Å². The van der Waals surface area contributed by atoms with E-state index < -0.39 is 35.7 Å². The van der Waals surface area contributed by atoms with Gasteiger partial charge < -0.3 is 20.4 Å². The van der Waals surface area contributed by atoms with Crippen molar-refractivity contribution in [1.29, 1.82) is 0 Å². The Morgan fingerprint density at radius 3 is 0.652 bits per heavy atom. The van der Waals surface area contributed by atoms with Crippen molar-refractivity contribution in [1.82, 2.24) is 0 Å². The van der Waals surface area contributed by atoms with Crippen LogP contribution in [0.25, 0.3) is 44.5 Å². The molecule has 0 unspecified atom stereocenters. The Morgan fingerprint density at radius 1 is 0.303 bits per heavy atom. The van der Waals surface area contributed by atoms with Crippen molar-refractivity contribution in [2.24, 2.45) is 0 Å². The first-order valence-electron chi connectivity index (χ1n) is 20.2. The highest BCUT2D eigenvalue weighted by atomic mass is 35.5. The van der Waals surface area contributed by atoms with Crippen LogP contribution in [0.1, 0.15) is 75.5 Å². The number of carboxylic acid groups (broad SMARTS) is 4. The predicted molar refractivity (Wildman–Crippen MR) is 259 cm³/mol. The van der Waals surface area contributed by atoms with E-state index >= 15 is 0 Å². The van der Waals surface area contributed by atoms with E-state index in [0.29, 0.717) is 44.5 Å². The zero-order chi connectivity index (χ0) is 46.8. The smallest absolute Gasteiger partial charge is 0.337 e. The first-order chi connectivity index (χ1) is 31.7. The Labute approximate surface area is 398 Å². The largest absolute Gasteiger partial charge is 0.478 e. The molecule has 12 heteroatoms. The Balaban J connectivity index is 1.57. The molecule has 0 fully saturated rings. The van der Waals surface area contributed by atoms with Crippen molar-refractivity contribution >= 4 is 70.3 Å². The van der Waals surface area contributed by atoms with E-state index in [0.717, 1.165) is 0 Å². The van der Waals surface area contributed by atoms with Gasteiger partial charge in [0.25, 0.3) is 0 Å². The van der Waals surface area contributed by atoms with Gasteiger partial charge in [0.05, 0.1) is 42.3 Å². The molecule has 0 spiro atoms. The molecule has 8 rings (SSSR count). The second-order valence-electron chi connectivity index (χ2n) is 15.3. The molecule has 66 heavy (non-hydrogen) atoms. The lowest BCUT2D eigenvalue weighted by Gasteiger charge is -2.32. The summed E-state index contributed by atoms with van der Waals surface area (Å²) in [5, 5.41) is 41.9. The molecule has 0 aliphatic heterocycles. The summed E-state index contributed by atoms with van der Waals surface area (Å²) in [5.41, 5.74) is 4.15. The van der Waals surface area contributed by atoms with Gasteiger partial charge in [-0.05, 0) is 115 Å². The van der Waals surface area contributed by atoms with Crippen molar-refractivity contribution in [2.45, 2.75) is 11.8 Å². The second kappa shape index (κ2) is 19.1. The van der Waals surface area contributed by atoms with Gasteiger partial charge in [-0.2, -0.15) is 0 Å². The fraction of sp³-hybridized carbons (Fsp3) is 0.0370. The first kappa shape index (κ1) is 45.4. The lowest BCUT2D eigenvalue weighted by molar-refractivity contribution is 0.0687. The van der Waals surface area contributed by atoms with Gasteiger partial charge in [-0.25, -0.2) is 19.2 Å². The topological polar surface area (TPSA) is 149 Å². The van der Waals surface area contributed by atoms with Gasteiger partial charge in [0.2, 0.25) is 0 Å². The second-order valence-corrected chi connectivity index (χ2v) is 17.0. The molecule has 0 atom stereocenters. The first-order valence-corrected chi connectivity index (χ1v) is 21.7. The van der Waals surface area contributed by atoms with Crippen LogP contribution in [0.2, 0.25) is 20.1 Å². The van der Waals surface area contributed by atoms with E-state index in [1.807, 2.05) is 0 Å². The van der Waals surface area contributed by atoms with Crippen LogP contribution in [-0.2, 0) is 0 Å². The van der Waals surface area contributed by atoms with E-state index in [4.69, 9.17) is 46.4 Å². The maximum Gasteiger partial charge on any atom is 0.337 e. The molecule has 8 nitrogen and oxygen atoms in total. The zero-order valence-corrected chi connectivity index (χ0v) is 37.3. The van der Waals surface area contributed by atoms with Crippen LogP contribution in [0.5, 0.6) is 0 Å². The summed E-state index contributed by atoms with van der Waals surface area (Å²) in [6.45, 7) is 0.